The molecule has 2 aliphatic heterocycles. The standard InChI is InChI=1S/C11H22N2O4S/c1-16-11(4-6-17-9-11)8-13-18(14,15)10-3-2-5-12-7-10/h10,12-13H,2-9H2,1H3. The number of hydrogen-bond acceptors (Lipinski definition) is 5. The summed E-state index contributed by atoms with van der Waals surface area (Å²) >= 11 is 0. The maximum Gasteiger partial charge on any atom is 0.215 e. The second-order valence-corrected chi connectivity index (χ2v) is 7.07. The molecule has 0 amide bonds. The third-order valence-corrected chi connectivity index (χ3v) is 5.61. The van der Waals surface area contributed by atoms with Gasteiger partial charge in [-0.15, -0.1) is 0 Å². The minimum atomic E-state index is -3.27. The van der Waals surface area contributed by atoms with Crippen LogP contribution >= 0.6 is 0 Å². The van der Waals surface area contributed by atoms with Gasteiger partial charge in [-0.2, -0.15) is 0 Å². The Balaban J connectivity index is 1.91. The van der Waals surface area contributed by atoms with Crippen LogP contribution in [0.4, 0.5) is 0 Å². The number of ether oxygens (including phenoxy) is 2. The van der Waals surface area contributed by atoms with Crippen molar-refractivity contribution in [2.45, 2.75) is 30.1 Å². The lowest BCUT2D eigenvalue weighted by atomic mass is 10.0. The van der Waals surface area contributed by atoms with E-state index in [1.54, 1.807) is 7.11 Å². The highest BCUT2D eigenvalue weighted by Crippen LogP contribution is 2.22. The highest BCUT2D eigenvalue weighted by molar-refractivity contribution is 7.90. The third kappa shape index (κ3) is 3.21. The van der Waals surface area contributed by atoms with E-state index in [1.807, 2.05) is 0 Å². The summed E-state index contributed by atoms with van der Waals surface area (Å²) in [6, 6.07) is 0. The predicted molar refractivity (Wildman–Crippen MR) is 68.0 cm³/mol. The fourth-order valence-corrected chi connectivity index (χ4v) is 3.91. The Kier molecular flexibility index (Phi) is 4.60. The van der Waals surface area contributed by atoms with E-state index in [0.717, 1.165) is 25.8 Å². The van der Waals surface area contributed by atoms with E-state index in [9.17, 15) is 8.42 Å². The van der Waals surface area contributed by atoms with Gasteiger partial charge in [-0.1, -0.05) is 0 Å². The van der Waals surface area contributed by atoms with Gasteiger partial charge < -0.3 is 14.8 Å². The van der Waals surface area contributed by atoms with E-state index in [2.05, 4.69) is 10.0 Å². The van der Waals surface area contributed by atoms with Crippen molar-refractivity contribution in [1.82, 2.24) is 10.0 Å². The summed E-state index contributed by atoms with van der Waals surface area (Å²) in [5.41, 5.74) is -0.491. The Labute approximate surface area is 108 Å². The van der Waals surface area contributed by atoms with Gasteiger partial charge in [0.05, 0.1) is 11.9 Å². The lowest BCUT2D eigenvalue weighted by molar-refractivity contribution is -0.0121. The number of nitrogens with one attached hydrogen (secondary N) is 2. The molecule has 0 aromatic rings. The van der Waals surface area contributed by atoms with E-state index in [1.165, 1.54) is 0 Å². The molecule has 0 aromatic heterocycles. The maximum absolute atomic E-state index is 12.2. The molecular weight excluding hydrogens is 256 g/mol. The van der Waals surface area contributed by atoms with Crippen LogP contribution in [0.15, 0.2) is 0 Å². The summed E-state index contributed by atoms with van der Waals surface area (Å²) in [5.74, 6) is 0. The van der Waals surface area contributed by atoms with Gasteiger partial charge in [-0.25, -0.2) is 13.1 Å². The van der Waals surface area contributed by atoms with Crippen LogP contribution in [-0.4, -0.2) is 59.2 Å². The van der Waals surface area contributed by atoms with Gasteiger partial charge in [-0.05, 0) is 19.4 Å². The second-order valence-electron chi connectivity index (χ2n) is 5.02. The Bertz CT molecular complexity index is 359. The first-order chi connectivity index (χ1) is 8.58. The summed E-state index contributed by atoms with van der Waals surface area (Å²) in [6.07, 6.45) is 2.36. The first kappa shape index (κ1) is 14.2. The summed E-state index contributed by atoms with van der Waals surface area (Å²) in [4.78, 5) is 0. The smallest absolute Gasteiger partial charge is 0.215 e. The molecule has 2 unspecified atom stereocenters. The van der Waals surface area contributed by atoms with E-state index >= 15 is 0 Å². The monoisotopic (exact) mass is 278 g/mol. The molecule has 0 aromatic carbocycles. The molecule has 0 spiro atoms. The molecule has 106 valence electrons. The lowest BCUT2D eigenvalue weighted by Crippen LogP contribution is -2.50. The molecule has 7 heteroatoms. The summed E-state index contributed by atoms with van der Waals surface area (Å²) in [6.45, 7) is 2.81. The molecule has 2 aliphatic rings. The molecular formula is C11H22N2O4S. The van der Waals surface area contributed by atoms with Crippen molar-refractivity contribution >= 4 is 10.0 Å². The Morgan fingerprint density at radius 3 is 2.94 bits per heavy atom. The van der Waals surface area contributed by atoms with Crippen molar-refractivity contribution in [2.24, 2.45) is 0 Å². The average Bonchev–Trinajstić information content (AvgIpc) is 2.87. The van der Waals surface area contributed by atoms with Crippen LogP contribution < -0.4 is 10.0 Å². The Morgan fingerprint density at radius 2 is 2.39 bits per heavy atom. The molecule has 2 rings (SSSR count). The van der Waals surface area contributed by atoms with Crippen molar-refractivity contribution in [1.29, 1.82) is 0 Å². The van der Waals surface area contributed by atoms with Gasteiger partial charge in [0.15, 0.2) is 0 Å². The number of hydrogen-bond donors (Lipinski definition) is 2. The highest BCUT2D eigenvalue weighted by Gasteiger charge is 2.37. The van der Waals surface area contributed by atoms with Crippen LogP contribution in [0.25, 0.3) is 0 Å². The zero-order valence-electron chi connectivity index (χ0n) is 10.8. The van der Waals surface area contributed by atoms with Gasteiger partial charge in [-0.3, -0.25) is 0 Å². The number of piperidine rings is 1. The molecule has 0 radical (unpaired) electrons. The van der Waals surface area contributed by atoms with Gasteiger partial charge in [0.25, 0.3) is 0 Å². The van der Waals surface area contributed by atoms with E-state index in [-0.39, 0.29) is 5.25 Å². The molecule has 2 saturated heterocycles. The zero-order chi connectivity index (χ0) is 13.1. The Hall–Kier alpha value is -0.210. The molecule has 2 fully saturated rings. The minimum Gasteiger partial charge on any atom is -0.378 e. The fourth-order valence-electron chi connectivity index (χ4n) is 2.40. The van der Waals surface area contributed by atoms with Crippen molar-refractivity contribution in [2.75, 3.05) is 40.0 Å². The zero-order valence-corrected chi connectivity index (χ0v) is 11.6. The Morgan fingerprint density at radius 1 is 1.56 bits per heavy atom. The van der Waals surface area contributed by atoms with Crippen molar-refractivity contribution in [3.63, 3.8) is 0 Å². The van der Waals surface area contributed by atoms with Gasteiger partial charge in [0, 0.05) is 33.2 Å². The highest BCUT2D eigenvalue weighted by atomic mass is 32.2. The van der Waals surface area contributed by atoms with Crippen LogP contribution in [0.2, 0.25) is 0 Å². The van der Waals surface area contributed by atoms with Crippen molar-refractivity contribution in [3.05, 3.63) is 0 Å². The molecule has 0 bridgehead atoms. The first-order valence-electron chi connectivity index (χ1n) is 6.40. The van der Waals surface area contributed by atoms with Crippen molar-refractivity contribution in [3.8, 4) is 0 Å². The van der Waals surface area contributed by atoms with Crippen LogP contribution in [0.5, 0.6) is 0 Å². The molecule has 6 nitrogen and oxygen atoms in total. The van der Waals surface area contributed by atoms with Gasteiger partial charge >= 0.3 is 0 Å². The molecule has 2 atom stereocenters. The largest absolute Gasteiger partial charge is 0.378 e. The number of methoxy groups -OCH3 is 1. The van der Waals surface area contributed by atoms with Crippen LogP contribution in [0.3, 0.4) is 0 Å². The van der Waals surface area contributed by atoms with Gasteiger partial charge in [0.2, 0.25) is 10.0 Å². The van der Waals surface area contributed by atoms with Crippen LogP contribution in [0, 0.1) is 0 Å². The topological polar surface area (TPSA) is 76.7 Å². The van der Waals surface area contributed by atoms with E-state index in [0.29, 0.717) is 26.3 Å². The third-order valence-electron chi connectivity index (χ3n) is 3.79. The predicted octanol–water partition coefficient (Wildman–Crippen LogP) is -0.537. The summed E-state index contributed by atoms with van der Waals surface area (Å²) in [7, 11) is -1.66. The minimum absolute atomic E-state index is 0.294. The summed E-state index contributed by atoms with van der Waals surface area (Å²) < 4.78 is 37.7. The second kappa shape index (κ2) is 5.83. The number of rotatable bonds is 5. The number of sulfonamides is 1. The van der Waals surface area contributed by atoms with Crippen LogP contribution in [-0.2, 0) is 19.5 Å². The summed E-state index contributed by atoms with van der Waals surface area (Å²) in [5, 5.41) is 2.79. The van der Waals surface area contributed by atoms with E-state index < -0.39 is 15.6 Å². The molecule has 2 N–H and O–H groups in total. The quantitative estimate of drug-likeness (QED) is 0.706. The molecule has 18 heavy (non-hydrogen) atoms. The molecule has 2 heterocycles. The first-order valence-corrected chi connectivity index (χ1v) is 7.95. The normalized spacial score (nSPS) is 33.7. The maximum atomic E-state index is 12.2. The molecule has 0 saturated carbocycles. The van der Waals surface area contributed by atoms with Crippen LogP contribution in [0.1, 0.15) is 19.3 Å². The lowest BCUT2D eigenvalue weighted by Gasteiger charge is -2.28. The average molecular weight is 278 g/mol. The fraction of sp³-hybridized carbons (Fsp3) is 1.00. The van der Waals surface area contributed by atoms with Gasteiger partial charge in [0.1, 0.15) is 5.60 Å². The SMILES string of the molecule is COC1(CNS(=O)(=O)C2CCCNC2)CCOC1. The van der Waals surface area contributed by atoms with Crippen molar-refractivity contribution < 1.29 is 17.9 Å². The van der Waals surface area contributed by atoms with E-state index in [4.69, 9.17) is 9.47 Å². The molecule has 0 aliphatic carbocycles.